The third-order valence-electron chi connectivity index (χ3n) is 3.32. The Kier molecular flexibility index (Phi) is 8.68. The van der Waals surface area contributed by atoms with E-state index in [9.17, 15) is 14.7 Å². The van der Waals surface area contributed by atoms with Gasteiger partial charge in [0.2, 0.25) is 11.8 Å². The fraction of sp³-hybridized carbons (Fsp3) is 0.444. The van der Waals surface area contributed by atoms with Crippen molar-refractivity contribution in [2.24, 2.45) is 0 Å². The molecule has 0 aromatic heterocycles. The molecule has 0 saturated carbocycles. The van der Waals surface area contributed by atoms with E-state index in [1.54, 1.807) is 11.0 Å². The number of nitrogens with one attached hydrogen (secondary N) is 1. The van der Waals surface area contributed by atoms with Gasteiger partial charge in [-0.05, 0) is 24.5 Å². The monoisotopic (exact) mass is 318 g/mol. The number of hydrogen-bond donors (Lipinski definition) is 2. The van der Waals surface area contributed by atoms with Gasteiger partial charge in [0.1, 0.15) is 6.04 Å². The minimum absolute atomic E-state index is 0.238. The Morgan fingerprint density at radius 1 is 1.17 bits per heavy atom. The lowest BCUT2D eigenvalue weighted by molar-refractivity contribution is -0.136. The first-order valence-corrected chi connectivity index (χ1v) is 8.05. The van der Waals surface area contributed by atoms with E-state index in [-0.39, 0.29) is 5.91 Å². The van der Waals surface area contributed by atoms with Crippen LogP contribution in [0.5, 0.6) is 0 Å². The molecule has 5 nitrogen and oxygen atoms in total. The Labute approximate surface area is 138 Å². The van der Waals surface area contributed by atoms with Gasteiger partial charge in [0.25, 0.3) is 0 Å². The summed E-state index contributed by atoms with van der Waals surface area (Å²) >= 11 is 0. The highest BCUT2D eigenvalue weighted by Crippen LogP contribution is 2.02. The molecule has 0 aliphatic heterocycles. The van der Waals surface area contributed by atoms with Crippen LogP contribution in [0.3, 0.4) is 0 Å². The van der Waals surface area contributed by atoms with Crippen molar-refractivity contribution < 1.29 is 14.7 Å². The Balaban J connectivity index is 2.65. The van der Waals surface area contributed by atoms with Crippen LogP contribution in [-0.2, 0) is 9.59 Å². The van der Waals surface area contributed by atoms with Crippen molar-refractivity contribution in [3.05, 3.63) is 42.0 Å². The van der Waals surface area contributed by atoms with Crippen molar-refractivity contribution in [3.63, 3.8) is 0 Å². The molecule has 126 valence electrons. The van der Waals surface area contributed by atoms with Crippen LogP contribution in [-0.4, -0.2) is 47.6 Å². The minimum Gasteiger partial charge on any atom is -0.394 e. The van der Waals surface area contributed by atoms with E-state index in [1.165, 1.54) is 6.08 Å². The fourth-order valence-corrected chi connectivity index (χ4v) is 2.23. The van der Waals surface area contributed by atoms with Crippen LogP contribution in [0.25, 0.3) is 6.08 Å². The Morgan fingerprint density at radius 2 is 1.78 bits per heavy atom. The van der Waals surface area contributed by atoms with Crippen molar-refractivity contribution >= 4 is 17.9 Å². The summed E-state index contributed by atoms with van der Waals surface area (Å²) in [6.45, 7) is 4.82. The number of hydrogen-bond acceptors (Lipinski definition) is 3. The van der Waals surface area contributed by atoms with Gasteiger partial charge < -0.3 is 15.3 Å². The highest BCUT2D eigenvalue weighted by molar-refractivity contribution is 5.95. The van der Waals surface area contributed by atoms with Crippen LogP contribution in [0, 0.1) is 0 Å². The average Bonchev–Trinajstić information content (AvgIpc) is 2.58. The van der Waals surface area contributed by atoms with Gasteiger partial charge in [0.15, 0.2) is 0 Å². The molecule has 1 aromatic carbocycles. The van der Waals surface area contributed by atoms with Crippen LogP contribution in [0.15, 0.2) is 36.4 Å². The van der Waals surface area contributed by atoms with Gasteiger partial charge >= 0.3 is 0 Å². The molecule has 0 aliphatic carbocycles. The second-order valence-electron chi connectivity index (χ2n) is 5.31. The number of benzene rings is 1. The first-order chi connectivity index (χ1) is 11.1. The van der Waals surface area contributed by atoms with Gasteiger partial charge in [0.05, 0.1) is 6.61 Å². The molecule has 0 saturated heterocycles. The normalized spacial score (nSPS) is 12.1. The van der Waals surface area contributed by atoms with Crippen LogP contribution < -0.4 is 5.32 Å². The third kappa shape index (κ3) is 6.65. The molecule has 5 heteroatoms. The summed E-state index contributed by atoms with van der Waals surface area (Å²) in [5.74, 6) is -0.633. The molecule has 1 aromatic rings. The van der Waals surface area contributed by atoms with Gasteiger partial charge in [-0.15, -0.1) is 0 Å². The number of carbonyl (C=O) groups is 2. The number of amides is 2. The quantitative estimate of drug-likeness (QED) is 0.683. The van der Waals surface area contributed by atoms with Crippen molar-refractivity contribution in [2.75, 3.05) is 19.7 Å². The van der Waals surface area contributed by atoms with E-state index in [1.807, 2.05) is 44.2 Å². The molecule has 23 heavy (non-hydrogen) atoms. The Morgan fingerprint density at radius 3 is 2.30 bits per heavy atom. The lowest BCUT2D eigenvalue weighted by Gasteiger charge is -2.26. The SMILES string of the molecule is CCCN(CCC)C(=O)[C@H](CO)NC(=O)C=Cc1ccccc1. The van der Waals surface area contributed by atoms with Gasteiger partial charge in [-0.2, -0.15) is 0 Å². The summed E-state index contributed by atoms with van der Waals surface area (Å²) < 4.78 is 0. The maximum atomic E-state index is 12.4. The molecule has 0 heterocycles. The largest absolute Gasteiger partial charge is 0.394 e. The smallest absolute Gasteiger partial charge is 0.247 e. The van der Waals surface area contributed by atoms with Gasteiger partial charge in [0, 0.05) is 19.2 Å². The predicted octanol–water partition coefficient (Wildman–Crippen LogP) is 1.83. The topological polar surface area (TPSA) is 69.6 Å². The van der Waals surface area contributed by atoms with Crippen molar-refractivity contribution in [2.45, 2.75) is 32.7 Å². The lowest BCUT2D eigenvalue weighted by Crippen LogP contribution is -2.50. The molecule has 1 atom stereocenters. The standard InChI is InChI=1S/C18H26N2O3/c1-3-12-20(13-4-2)18(23)16(14-21)19-17(22)11-10-15-8-6-5-7-9-15/h5-11,16,21H,3-4,12-14H2,1-2H3,(H,19,22)/t16-/m0/s1. The first kappa shape index (κ1) is 18.9. The molecule has 1 rings (SSSR count). The molecular weight excluding hydrogens is 292 g/mol. The zero-order chi connectivity index (χ0) is 17.1. The third-order valence-corrected chi connectivity index (χ3v) is 3.32. The van der Waals surface area contributed by atoms with Crippen LogP contribution >= 0.6 is 0 Å². The van der Waals surface area contributed by atoms with E-state index >= 15 is 0 Å². The molecule has 0 spiro atoms. The van der Waals surface area contributed by atoms with E-state index in [2.05, 4.69) is 5.32 Å². The number of carbonyl (C=O) groups excluding carboxylic acids is 2. The average molecular weight is 318 g/mol. The van der Waals surface area contributed by atoms with Crippen molar-refractivity contribution in [1.29, 1.82) is 0 Å². The molecule has 2 amide bonds. The molecule has 0 aliphatic rings. The molecule has 0 bridgehead atoms. The van der Waals surface area contributed by atoms with E-state index in [0.29, 0.717) is 13.1 Å². The molecular formula is C18H26N2O3. The molecule has 0 radical (unpaired) electrons. The molecule has 0 fully saturated rings. The summed E-state index contributed by atoms with van der Waals surface area (Å²) in [6, 6.07) is 8.51. The lowest BCUT2D eigenvalue weighted by atomic mass is 10.2. The first-order valence-electron chi connectivity index (χ1n) is 8.05. The summed E-state index contributed by atoms with van der Waals surface area (Å²) in [5, 5.41) is 12.0. The second-order valence-corrected chi connectivity index (χ2v) is 5.31. The van der Waals surface area contributed by atoms with E-state index < -0.39 is 18.6 Å². The maximum absolute atomic E-state index is 12.4. The van der Waals surface area contributed by atoms with Crippen molar-refractivity contribution in [3.8, 4) is 0 Å². The Bertz CT molecular complexity index is 508. The van der Waals surface area contributed by atoms with Gasteiger partial charge in [-0.25, -0.2) is 0 Å². The zero-order valence-corrected chi connectivity index (χ0v) is 13.9. The van der Waals surface area contributed by atoms with Crippen LogP contribution in [0.1, 0.15) is 32.3 Å². The Hall–Kier alpha value is -2.14. The molecule has 0 unspecified atom stereocenters. The highest BCUT2D eigenvalue weighted by Gasteiger charge is 2.23. The van der Waals surface area contributed by atoms with E-state index in [0.717, 1.165) is 18.4 Å². The number of rotatable bonds is 9. The summed E-state index contributed by atoms with van der Waals surface area (Å²) in [7, 11) is 0. The minimum atomic E-state index is -0.902. The zero-order valence-electron chi connectivity index (χ0n) is 13.9. The predicted molar refractivity (Wildman–Crippen MR) is 91.7 cm³/mol. The summed E-state index contributed by atoms with van der Waals surface area (Å²) in [6.07, 6.45) is 4.72. The van der Waals surface area contributed by atoms with E-state index in [4.69, 9.17) is 0 Å². The fourth-order valence-electron chi connectivity index (χ4n) is 2.23. The van der Waals surface area contributed by atoms with Gasteiger partial charge in [-0.1, -0.05) is 44.2 Å². The number of aliphatic hydroxyl groups excluding tert-OH is 1. The van der Waals surface area contributed by atoms with Crippen molar-refractivity contribution in [1.82, 2.24) is 10.2 Å². The summed E-state index contributed by atoms with van der Waals surface area (Å²) in [5.41, 5.74) is 0.896. The molecule has 2 N–H and O–H groups in total. The summed E-state index contributed by atoms with van der Waals surface area (Å²) in [4.78, 5) is 26.0. The number of aliphatic hydroxyl groups is 1. The van der Waals surface area contributed by atoms with Crippen LogP contribution in [0.4, 0.5) is 0 Å². The van der Waals surface area contributed by atoms with Crippen LogP contribution in [0.2, 0.25) is 0 Å². The maximum Gasteiger partial charge on any atom is 0.247 e. The highest BCUT2D eigenvalue weighted by atomic mass is 16.3. The second kappa shape index (κ2) is 10.6. The number of nitrogens with zero attached hydrogens (tertiary/aromatic N) is 1. The van der Waals surface area contributed by atoms with Gasteiger partial charge in [-0.3, -0.25) is 9.59 Å².